The number of rotatable bonds is 10. The summed E-state index contributed by atoms with van der Waals surface area (Å²) >= 11 is 0. The third kappa shape index (κ3) is 7.51. The van der Waals surface area contributed by atoms with Gasteiger partial charge in [0.2, 0.25) is 0 Å². The number of ketones is 1. The second-order valence-corrected chi connectivity index (χ2v) is 8.38. The van der Waals surface area contributed by atoms with E-state index in [9.17, 15) is 30.0 Å². The van der Waals surface area contributed by atoms with E-state index in [0.29, 0.717) is 16.7 Å². The van der Waals surface area contributed by atoms with Gasteiger partial charge >= 0.3 is 5.97 Å². The lowest BCUT2D eigenvalue weighted by Gasteiger charge is -2.09. The summed E-state index contributed by atoms with van der Waals surface area (Å²) in [7, 11) is 1.43. The molecule has 0 aliphatic rings. The van der Waals surface area contributed by atoms with Gasteiger partial charge in [-0.25, -0.2) is 4.79 Å². The number of allylic oxidation sites excluding steroid dienone is 2. The van der Waals surface area contributed by atoms with Crippen LogP contribution in [0.1, 0.15) is 34.0 Å². The van der Waals surface area contributed by atoms with Gasteiger partial charge in [-0.05, 0) is 78.6 Å². The molecule has 0 aliphatic carbocycles. The molecule has 0 unspecified atom stereocenters. The first-order valence-electron chi connectivity index (χ1n) is 11.6. The zero-order valence-corrected chi connectivity index (χ0v) is 20.9. The van der Waals surface area contributed by atoms with E-state index in [1.807, 2.05) is 0 Å². The Kier molecular flexibility index (Phi) is 9.31. The molecule has 0 aliphatic heterocycles. The van der Waals surface area contributed by atoms with Crippen LogP contribution in [0.3, 0.4) is 0 Å². The lowest BCUT2D eigenvalue weighted by Crippen LogP contribution is -2.03. The van der Waals surface area contributed by atoms with Crippen molar-refractivity contribution in [3.05, 3.63) is 101 Å². The highest BCUT2D eigenvalue weighted by atomic mass is 16.5. The quantitative estimate of drug-likeness (QED) is 0.126. The van der Waals surface area contributed by atoms with Crippen LogP contribution in [-0.2, 0) is 16.0 Å². The zero-order valence-electron chi connectivity index (χ0n) is 20.9. The summed E-state index contributed by atoms with van der Waals surface area (Å²) in [5, 5.41) is 39.9. The predicted octanol–water partition coefficient (Wildman–Crippen LogP) is 5.16. The summed E-state index contributed by atoms with van der Waals surface area (Å²) in [5.41, 5.74) is 2.20. The van der Waals surface area contributed by atoms with E-state index in [0.717, 1.165) is 0 Å². The molecule has 0 aromatic heterocycles. The highest BCUT2D eigenvalue weighted by molar-refractivity contribution is 6.09. The minimum Gasteiger partial charge on any atom is -0.508 e. The van der Waals surface area contributed by atoms with E-state index >= 15 is 0 Å². The lowest BCUT2D eigenvalue weighted by atomic mass is 10.0. The van der Waals surface area contributed by atoms with Gasteiger partial charge in [0.05, 0.1) is 12.7 Å². The summed E-state index contributed by atoms with van der Waals surface area (Å²) < 4.78 is 10.3. The van der Waals surface area contributed by atoms with Crippen molar-refractivity contribution in [2.75, 3.05) is 13.7 Å². The lowest BCUT2D eigenvalue weighted by molar-refractivity contribution is -0.136. The first-order valence-corrected chi connectivity index (χ1v) is 11.6. The molecule has 8 nitrogen and oxygen atoms in total. The topological polar surface area (TPSA) is 134 Å². The summed E-state index contributed by atoms with van der Waals surface area (Å²) in [5.74, 6) is -1.16. The number of hydrogen-bond donors (Lipinski definition) is 4. The van der Waals surface area contributed by atoms with E-state index in [1.54, 1.807) is 43.3 Å². The van der Waals surface area contributed by atoms with E-state index in [4.69, 9.17) is 9.47 Å². The smallest absolute Gasteiger partial charge is 0.331 e. The Labute approximate surface area is 220 Å². The van der Waals surface area contributed by atoms with Gasteiger partial charge in [0.1, 0.15) is 23.9 Å². The fourth-order valence-electron chi connectivity index (χ4n) is 3.40. The van der Waals surface area contributed by atoms with Crippen LogP contribution in [0.5, 0.6) is 28.7 Å². The number of carbonyl (C=O) groups is 2. The average Bonchev–Trinajstić information content (AvgIpc) is 2.90. The third-order valence-electron chi connectivity index (χ3n) is 5.56. The van der Waals surface area contributed by atoms with Gasteiger partial charge in [-0.3, -0.25) is 4.79 Å². The van der Waals surface area contributed by atoms with Crippen molar-refractivity contribution in [1.29, 1.82) is 0 Å². The molecule has 0 heterocycles. The molecule has 4 N–H and O–H groups in total. The van der Waals surface area contributed by atoms with E-state index in [-0.39, 0.29) is 52.9 Å². The molecule has 8 heteroatoms. The molecule has 3 rings (SSSR count). The maximum atomic E-state index is 12.6. The normalized spacial score (nSPS) is 11.7. The minimum atomic E-state index is -0.580. The average molecular weight is 517 g/mol. The number of methoxy groups -OCH3 is 1. The van der Waals surface area contributed by atoms with Crippen LogP contribution in [0.25, 0.3) is 12.2 Å². The Hall–Kier alpha value is -4.98. The summed E-state index contributed by atoms with van der Waals surface area (Å²) in [6.45, 7) is 1.71. The Bertz CT molecular complexity index is 1400. The number of phenolic OH excluding ortho intramolecular Hbond substituents is 4. The number of hydrogen-bond acceptors (Lipinski definition) is 8. The zero-order chi connectivity index (χ0) is 27.7. The standard InChI is InChI=1S/C30H28O8/c1-19(18-38-29(35)16-8-21-7-14-27(34)28(17-21)37-2)3-11-23-26(33)15-12-24(30(23)36)25(32)13-6-20-4-9-22(31)10-5-20/h3-10,12-17,31,33-34,36H,11,18H2,1-2H3/b13-6+,16-8+,19-3+. The molecule has 3 aromatic rings. The largest absolute Gasteiger partial charge is 0.508 e. The maximum absolute atomic E-state index is 12.6. The van der Waals surface area contributed by atoms with Gasteiger partial charge in [-0.15, -0.1) is 0 Å². The molecular formula is C30H28O8. The molecule has 0 fully saturated rings. The maximum Gasteiger partial charge on any atom is 0.331 e. The first-order chi connectivity index (χ1) is 18.2. The number of phenols is 4. The minimum absolute atomic E-state index is 0.00879. The molecular weight excluding hydrogens is 488 g/mol. The molecule has 0 amide bonds. The SMILES string of the molecule is COc1cc(/C=C/C(=O)OC/C(C)=C/Cc2c(O)ccc(C(=O)/C=C/c3ccc(O)cc3)c2O)ccc1O. The van der Waals surface area contributed by atoms with Gasteiger partial charge in [-0.2, -0.15) is 0 Å². The van der Waals surface area contributed by atoms with E-state index < -0.39 is 11.8 Å². The number of carbonyl (C=O) groups excluding carboxylic acids is 2. The summed E-state index contributed by atoms with van der Waals surface area (Å²) in [6.07, 6.45) is 7.41. The number of esters is 1. The molecule has 0 bridgehead atoms. The second-order valence-electron chi connectivity index (χ2n) is 8.38. The Morgan fingerprint density at radius 2 is 1.50 bits per heavy atom. The fourth-order valence-corrected chi connectivity index (χ4v) is 3.40. The second kappa shape index (κ2) is 12.8. The summed E-state index contributed by atoms with van der Waals surface area (Å²) in [4.78, 5) is 24.7. The fraction of sp³-hybridized carbons (Fsp3) is 0.133. The van der Waals surface area contributed by atoms with Crippen LogP contribution in [0.15, 0.2) is 78.4 Å². The number of ether oxygens (including phenoxy) is 2. The first kappa shape index (κ1) is 27.6. The van der Waals surface area contributed by atoms with Gasteiger partial charge in [-0.1, -0.05) is 30.4 Å². The van der Waals surface area contributed by atoms with Crippen LogP contribution >= 0.6 is 0 Å². The van der Waals surface area contributed by atoms with E-state index in [1.165, 1.54) is 55.7 Å². The number of benzene rings is 3. The van der Waals surface area contributed by atoms with Crippen LogP contribution in [0.2, 0.25) is 0 Å². The van der Waals surface area contributed by atoms with Gasteiger partial charge < -0.3 is 29.9 Å². The Morgan fingerprint density at radius 1 is 0.842 bits per heavy atom. The van der Waals surface area contributed by atoms with Crippen molar-refractivity contribution in [1.82, 2.24) is 0 Å². The van der Waals surface area contributed by atoms with E-state index in [2.05, 4.69) is 0 Å². The van der Waals surface area contributed by atoms with Crippen molar-refractivity contribution < 1.29 is 39.5 Å². The molecule has 0 saturated carbocycles. The Balaban J connectivity index is 1.61. The van der Waals surface area contributed by atoms with Gasteiger partial charge in [0.25, 0.3) is 0 Å². The highest BCUT2D eigenvalue weighted by Crippen LogP contribution is 2.32. The molecule has 0 spiro atoms. The van der Waals surface area contributed by atoms with Gasteiger partial charge in [0, 0.05) is 11.6 Å². The monoisotopic (exact) mass is 516 g/mol. The van der Waals surface area contributed by atoms with Gasteiger partial charge in [0.15, 0.2) is 17.3 Å². The van der Waals surface area contributed by atoms with Crippen LogP contribution < -0.4 is 4.74 Å². The van der Waals surface area contributed by atoms with Crippen LogP contribution in [0.4, 0.5) is 0 Å². The Morgan fingerprint density at radius 3 is 2.21 bits per heavy atom. The van der Waals surface area contributed by atoms with Crippen molar-refractivity contribution in [3.63, 3.8) is 0 Å². The van der Waals surface area contributed by atoms with Crippen LogP contribution in [-0.4, -0.2) is 45.9 Å². The van der Waals surface area contributed by atoms with Crippen molar-refractivity contribution in [3.8, 4) is 28.7 Å². The molecule has 0 atom stereocenters. The molecule has 0 saturated heterocycles. The molecule has 0 radical (unpaired) electrons. The molecule has 196 valence electrons. The highest BCUT2D eigenvalue weighted by Gasteiger charge is 2.15. The van der Waals surface area contributed by atoms with Crippen molar-refractivity contribution in [2.45, 2.75) is 13.3 Å². The molecule has 3 aromatic carbocycles. The van der Waals surface area contributed by atoms with Crippen LogP contribution in [0, 0.1) is 0 Å². The molecule has 38 heavy (non-hydrogen) atoms. The summed E-state index contributed by atoms with van der Waals surface area (Å²) in [6, 6.07) is 13.6. The van der Waals surface area contributed by atoms with Crippen molar-refractivity contribution in [2.24, 2.45) is 0 Å². The predicted molar refractivity (Wildman–Crippen MR) is 143 cm³/mol. The number of aromatic hydroxyl groups is 4. The third-order valence-corrected chi connectivity index (χ3v) is 5.56. The van der Waals surface area contributed by atoms with Crippen molar-refractivity contribution >= 4 is 23.9 Å².